The summed E-state index contributed by atoms with van der Waals surface area (Å²) in [6.07, 6.45) is 2.62. The van der Waals surface area contributed by atoms with Crippen molar-refractivity contribution in [1.82, 2.24) is 14.5 Å². The maximum absolute atomic E-state index is 13.5. The first-order valence-corrected chi connectivity index (χ1v) is 11.1. The molecule has 5 rings (SSSR count). The number of anilines is 1. The largest absolute Gasteiger partial charge is 0.420 e. The molecule has 5 aromatic rings. The van der Waals surface area contributed by atoms with Gasteiger partial charge in [0.1, 0.15) is 6.54 Å². The number of hydrogen-bond donors (Lipinski definition) is 0. The molecule has 0 aliphatic heterocycles. The molecule has 0 saturated heterocycles. The Hall–Kier alpha value is -3.78. The minimum absolute atomic E-state index is 0.154. The van der Waals surface area contributed by atoms with Crippen molar-refractivity contribution in [3.05, 3.63) is 88.7 Å². The van der Waals surface area contributed by atoms with Crippen LogP contribution in [0.5, 0.6) is 0 Å². The van der Waals surface area contributed by atoms with Gasteiger partial charge in [0.15, 0.2) is 10.7 Å². The first-order chi connectivity index (χ1) is 15.6. The molecule has 32 heavy (non-hydrogen) atoms. The molecular formula is C24H20N4O3S. The van der Waals surface area contributed by atoms with Crippen molar-refractivity contribution in [3.63, 3.8) is 0 Å². The van der Waals surface area contributed by atoms with E-state index in [4.69, 9.17) is 9.40 Å². The normalized spacial score (nSPS) is 11.3. The summed E-state index contributed by atoms with van der Waals surface area (Å²) < 4.78 is 7.66. The predicted molar refractivity (Wildman–Crippen MR) is 125 cm³/mol. The summed E-state index contributed by atoms with van der Waals surface area (Å²) in [6.45, 7) is 2.20. The zero-order valence-corrected chi connectivity index (χ0v) is 18.2. The highest BCUT2D eigenvalue weighted by atomic mass is 32.1. The number of carbonyl (C=O) groups is 1. The Morgan fingerprint density at radius 2 is 1.97 bits per heavy atom. The third kappa shape index (κ3) is 3.80. The highest BCUT2D eigenvalue weighted by molar-refractivity contribution is 7.22. The zero-order valence-electron chi connectivity index (χ0n) is 17.4. The number of oxazole rings is 1. The van der Waals surface area contributed by atoms with Crippen LogP contribution in [0.1, 0.15) is 18.2 Å². The van der Waals surface area contributed by atoms with Crippen LogP contribution in [-0.2, 0) is 24.3 Å². The number of amides is 1. The van der Waals surface area contributed by atoms with Crippen molar-refractivity contribution in [2.24, 2.45) is 0 Å². The van der Waals surface area contributed by atoms with Gasteiger partial charge in [0, 0.05) is 6.20 Å². The molecule has 0 radical (unpaired) electrons. The van der Waals surface area contributed by atoms with E-state index in [0.29, 0.717) is 16.2 Å². The van der Waals surface area contributed by atoms with E-state index in [0.717, 1.165) is 22.3 Å². The smallest absolute Gasteiger partial charge is 0.408 e. The Kier molecular flexibility index (Phi) is 5.28. The summed E-state index contributed by atoms with van der Waals surface area (Å²) in [5, 5.41) is 0.574. The van der Waals surface area contributed by atoms with Crippen molar-refractivity contribution < 1.29 is 9.21 Å². The van der Waals surface area contributed by atoms with Crippen molar-refractivity contribution in [2.75, 3.05) is 4.90 Å². The van der Waals surface area contributed by atoms with Crippen molar-refractivity contribution in [1.29, 1.82) is 0 Å². The molecule has 0 unspecified atom stereocenters. The molecule has 0 N–H and O–H groups in total. The summed E-state index contributed by atoms with van der Waals surface area (Å²) in [5.74, 6) is -0.826. The molecule has 0 saturated carbocycles. The third-order valence-corrected chi connectivity index (χ3v) is 6.34. The molecule has 0 aliphatic carbocycles. The average molecular weight is 445 g/mol. The molecule has 0 atom stereocenters. The second kappa shape index (κ2) is 8.39. The van der Waals surface area contributed by atoms with Gasteiger partial charge in [0.05, 0.1) is 28.0 Å². The molecule has 2 aromatic carbocycles. The fraction of sp³-hybridized carbons (Fsp3) is 0.167. The summed E-state index contributed by atoms with van der Waals surface area (Å²) in [5.41, 5.74) is 3.83. The highest BCUT2D eigenvalue weighted by Gasteiger charge is 2.23. The summed E-state index contributed by atoms with van der Waals surface area (Å²) in [4.78, 5) is 36.5. The minimum atomic E-state index is -0.561. The number of pyridine rings is 1. The van der Waals surface area contributed by atoms with Crippen LogP contribution < -0.4 is 10.7 Å². The van der Waals surface area contributed by atoms with E-state index in [1.807, 2.05) is 36.4 Å². The molecule has 7 nitrogen and oxygen atoms in total. The van der Waals surface area contributed by atoms with Gasteiger partial charge < -0.3 is 4.42 Å². The van der Waals surface area contributed by atoms with Crippen molar-refractivity contribution in [2.45, 2.75) is 26.4 Å². The number of carbonyl (C=O) groups excluding carboxylic acids is 1. The topological polar surface area (TPSA) is 81.2 Å². The standard InChI is InChI=1S/C24H20N4O3S/c1-2-16-10-11-18-21(13-16)32-23(26-18)28(14-17-7-5-6-12-25-17)22(29)15-27-19-8-3-4-9-20(19)31-24(27)30/h3-13H,2,14-15H2,1H3. The van der Waals surface area contributed by atoms with E-state index in [9.17, 15) is 9.59 Å². The summed E-state index contributed by atoms with van der Waals surface area (Å²) in [6, 6.07) is 18.8. The van der Waals surface area contributed by atoms with E-state index >= 15 is 0 Å². The average Bonchev–Trinajstić information content (AvgIpc) is 3.38. The van der Waals surface area contributed by atoms with Gasteiger partial charge in [-0.3, -0.25) is 19.2 Å². The maximum Gasteiger partial charge on any atom is 0.420 e. The van der Waals surface area contributed by atoms with Gasteiger partial charge in [-0.05, 0) is 48.4 Å². The van der Waals surface area contributed by atoms with E-state index < -0.39 is 5.76 Å². The Morgan fingerprint density at radius 3 is 2.78 bits per heavy atom. The summed E-state index contributed by atoms with van der Waals surface area (Å²) >= 11 is 1.46. The van der Waals surface area contributed by atoms with Crippen LogP contribution in [0.25, 0.3) is 21.3 Å². The first kappa shape index (κ1) is 20.1. The second-order valence-electron chi connectivity index (χ2n) is 7.37. The third-order valence-electron chi connectivity index (χ3n) is 5.30. The van der Waals surface area contributed by atoms with E-state index in [1.54, 1.807) is 29.3 Å². The predicted octanol–water partition coefficient (Wildman–Crippen LogP) is 4.40. The van der Waals surface area contributed by atoms with Gasteiger partial charge >= 0.3 is 5.76 Å². The van der Waals surface area contributed by atoms with Crippen LogP contribution in [0.4, 0.5) is 5.13 Å². The minimum Gasteiger partial charge on any atom is -0.408 e. The number of nitrogens with zero attached hydrogens (tertiary/aromatic N) is 4. The number of aromatic nitrogens is 3. The number of para-hydroxylation sites is 2. The van der Waals surface area contributed by atoms with E-state index in [1.165, 1.54) is 21.5 Å². The molecule has 0 aliphatic rings. The molecule has 8 heteroatoms. The first-order valence-electron chi connectivity index (χ1n) is 10.3. The fourth-order valence-corrected chi connectivity index (χ4v) is 4.64. The lowest BCUT2D eigenvalue weighted by atomic mass is 10.2. The number of aryl methyl sites for hydroxylation is 1. The molecule has 3 aromatic heterocycles. The van der Waals surface area contributed by atoms with E-state index in [2.05, 4.69) is 18.0 Å². The molecule has 3 heterocycles. The van der Waals surface area contributed by atoms with Crippen LogP contribution in [0.15, 0.2) is 76.1 Å². The van der Waals surface area contributed by atoms with Gasteiger partial charge in [-0.15, -0.1) is 0 Å². The molecule has 0 bridgehead atoms. The van der Waals surface area contributed by atoms with Crippen LogP contribution in [0, 0.1) is 0 Å². The lowest BCUT2D eigenvalue weighted by molar-refractivity contribution is -0.119. The highest BCUT2D eigenvalue weighted by Crippen LogP contribution is 2.31. The quantitative estimate of drug-likeness (QED) is 0.388. The number of rotatable bonds is 6. The SMILES string of the molecule is CCc1ccc2nc(N(Cc3ccccn3)C(=O)Cn3c(=O)oc4ccccc43)sc2c1. The molecule has 160 valence electrons. The molecule has 0 fully saturated rings. The van der Waals surface area contributed by atoms with E-state index in [-0.39, 0.29) is 19.0 Å². The van der Waals surface area contributed by atoms with Gasteiger partial charge in [-0.25, -0.2) is 9.78 Å². The maximum atomic E-state index is 13.5. The zero-order chi connectivity index (χ0) is 22.1. The van der Waals surface area contributed by atoms with Crippen LogP contribution in [-0.4, -0.2) is 20.4 Å². The van der Waals surface area contributed by atoms with Gasteiger partial charge in [0.2, 0.25) is 5.91 Å². The van der Waals surface area contributed by atoms with Gasteiger partial charge in [0.25, 0.3) is 0 Å². The number of hydrogen-bond acceptors (Lipinski definition) is 6. The summed E-state index contributed by atoms with van der Waals surface area (Å²) in [7, 11) is 0. The fourth-order valence-electron chi connectivity index (χ4n) is 3.59. The monoisotopic (exact) mass is 444 g/mol. The van der Waals surface area contributed by atoms with Crippen molar-refractivity contribution in [3.8, 4) is 0 Å². The van der Waals surface area contributed by atoms with Crippen molar-refractivity contribution >= 4 is 43.7 Å². The van der Waals surface area contributed by atoms with Gasteiger partial charge in [-0.2, -0.15) is 0 Å². The molecule has 0 spiro atoms. The van der Waals surface area contributed by atoms with Crippen LogP contribution >= 0.6 is 11.3 Å². The number of benzene rings is 2. The number of thiazole rings is 1. The lowest BCUT2D eigenvalue weighted by Crippen LogP contribution is -2.35. The Morgan fingerprint density at radius 1 is 1.12 bits per heavy atom. The lowest BCUT2D eigenvalue weighted by Gasteiger charge is -2.19. The Bertz CT molecular complexity index is 1470. The second-order valence-corrected chi connectivity index (χ2v) is 8.38. The van der Waals surface area contributed by atoms with Crippen LogP contribution in [0.3, 0.4) is 0 Å². The van der Waals surface area contributed by atoms with Gasteiger partial charge in [-0.1, -0.05) is 42.5 Å². The Balaban J connectivity index is 1.54. The van der Waals surface area contributed by atoms with Crippen LogP contribution in [0.2, 0.25) is 0 Å². The number of fused-ring (bicyclic) bond motifs is 2. The molecule has 1 amide bonds. The molecular weight excluding hydrogens is 424 g/mol. The Labute approximate surface area is 187 Å².